The van der Waals surface area contributed by atoms with Crippen LogP contribution < -0.4 is 0 Å². The third kappa shape index (κ3) is 2.88. The highest BCUT2D eigenvalue weighted by Crippen LogP contribution is 2.37. The van der Waals surface area contributed by atoms with Crippen LogP contribution in [0.15, 0.2) is 30.3 Å². The molecule has 0 bridgehead atoms. The van der Waals surface area contributed by atoms with Crippen molar-refractivity contribution in [2.75, 3.05) is 13.1 Å². The Kier molecular flexibility index (Phi) is 4.38. The van der Waals surface area contributed by atoms with E-state index >= 15 is 0 Å². The molecule has 106 valence electrons. The van der Waals surface area contributed by atoms with E-state index < -0.39 is 0 Å². The largest absolute Gasteiger partial charge is 0.300 e. The number of rotatable bonds is 2. The first-order valence-electron chi connectivity index (χ1n) is 8.07. The van der Waals surface area contributed by atoms with Gasteiger partial charge in [-0.15, -0.1) is 0 Å². The monoisotopic (exact) mass is 268 g/mol. The van der Waals surface area contributed by atoms with Crippen LogP contribution in [0.25, 0.3) is 0 Å². The molecule has 1 aliphatic heterocycles. The Bertz CT molecular complexity index is 454. The fraction of sp³-hybridized carbons (Fsp3) is 0.611. The molecule has 3 rings (SSSR count). The number of likely N-dealkylation sites (tertiary alicyclic amines) is 1. The Hall–Kier alpha value is -1.33. The van der Waals surface area contributed by atoms with Gasteiger partial charge in [-0.1, -0.05) is 43.2 Å². The van der Waals surface area contributed by atoms with Gasteiger partial charge in [0.25, 0.3) is 0 Å². The Morgan fingerprint density at radius 1 is 0.950 bits per heavy atom. The molecule has 1 aromatic rings. The van der Waals surface area contributed by atoms with E-state index in [9.17, 15) is 0 Å². The van der Waals surface area contributed by atoms with E-state index in [2.05, 4.69) is 41.3 Å². The molecule has 1 aromatic carbocycles. The molecule has 0 amide bonds. The van der Waals surface area contributed by atoms with Crippen molar-refractivity contribution in [3.63, 3.8) is 0 Å². The number of nitriles is 1. The van der Waals surface area contributed by atoms with Crippen molar-refractivity contribution in [3.8, 4) is 6.07 Å². The second kappa shape index (κ2) is 6.41. The highest BCUT2D eigenvalue weighted by molar-refractivity contribution is 5.22. The summed E-state index contributed by atoms with van der Waals surface area (Å²) in [5.41, 5.74) is 1.51. The molecule has 2 heteroatoms. The number of nitrogens with zero attached hydrogens (tertiary/aromatic N) is 2. The average molecular weight is 268 g/mol. The quantitative estimate of drug-likeness (QED) is 0.812. The maximum Gasteiger partial charge on any atom is 0.0656 e. The summed E-state index contributed by atoms with van der Waals surface area (Å²) in [6.45, 7) is 2.23. The summed E-state index contributed by atoms with van der Waals surface area (Å²) >= 11 is 0. The van der Waals surface area contributed by atoms with Crippen LogP contribution in [-0.2, 0) is 0 Å². The maximum absolute atomic E-state index is 9.05. The van der Waals surface area contributed by atoms with Crippen LogP contribution >= 0.6 is 0 Å². The third-order valence-electron chi connectivity index (χ3n) is 5.14. The molecule has 1 saturated heterocycles. The lowest BCUT2D eigenvalue weighted by molar-refractivity contribution is 0.102. The summed E-state index contributed by atoms with van der Waals surface area (Å²) in [5.74, 6) is 0.994. The van der Waals surface area contributed by atoms with Gasteiger partial charge < -0.3 is 0 Å². The van der Waals surface area contributed by atoms with Crippen molar-refractivity contribution in [2.24, 2.45) is 5.92 Å². The molecule has 2 atom stereocenters. The van der Waals surface area contributed by atoms with Crippen molar-refractivity contribution in [3.05, 3.63) is 35.9 Å². The molecule has 2 unspecified atom stereocenters. The van der Waals surface area contributed by atoms with E-state index in [0.717, 1.165) is 25.9 Å². The molecular weight excluding hydrogens is 244 g/mol. The van der Waals surface area contributed by atoms with Gasteiger partial charge >= 0.3 is 0 Å². The first kappa shape index (κ1) is 13.6. The number of piperidine rings is 1. The van der Waals surface area contributed by atoms with Crippen LogP contribution in [0.2, 0.25) is 0 Å². The second-order valence-corrected chi connectivity index (χ2v) is 6.31. The molecule has 20 heavy (non-hydrogen) atoms. The Morgan fingerprint density at radius 3 is 2.35 bits per heavy atom. The first-order valence-corrected chi connectivity index (χ1v) is 8.07. The third-order valence-corrected chi connectivity index (χ3v) is 5.14. The summed E-state index contributed by atoms with van der Waals surface area (Å²) in [6, 6.07) is 14.2. The van der Waals surface area contributed by atoms with Gasteiger partial charge in [0.2, 0.25) is 0 Å². The van der Waals surface area contributed by atoms with Crippen molar-refractivity contribution in [1.29, 1.82) is 5.26 Å². The number of hydrogen-bond donors (Lipinski definition) is 0. The number of benzene rings is 1. The second-order valence-electron chi connectivity index (χ2n) is 6.31. The van der Waals surface area contributed by atoms with Crippen molar-refractivity contribution in [2.45, 2.75) is 50.5 Å². The Morgan fingerprint density at radius 2 is 1.65 bits per heavy atom. The van der Waals surface area contributed by atoms with Crippen LogP contribution in [0.3, 0.4) is 0 Å². The van der Waals surface area contributed by atoms with E-state index in [1.165, 1.54) is 31.2 Å². The van der Waals surface area contributed by atoms with E-state index in [0.29, 0.717) is 17.9 Å². The molecule has 2 fully saturated rings. The van der Waals surface area contributed by atoms with E-state index in [1.54, 1.807) is 0 Å². The highest BCUT2D eigenvalue weighted by atomic mass is 15.2. The van der Waals surface area contributed by atoms with Gasteiger partial charge in [0, 0.05) is 12.0 Å². The normalized spacial score (nSPS) is 28.9. The van der Waals surface area contributed by atoms with Gasteiger partial charge in [-0.05, 0) is 50.3 Å². The SMILES string of the molecule is N#CC1CCN(C2CCCCC2c2ccccc2)CC1. The van der Waals surface area contributed by atoms with Crippen molar-refractivity contribution < 1.29 is 0 Å². The zero-order valence-electron chi connectivity index (χ0n) is 12.2. The molecule has 1 heterocycles. The predicted octanol–water partition coefficient (Wildman–Crippen LogP) is 3.95. The van der Waals surface area contributed by atoms with Gasteiger partial charge in [-0.3, -0.25) is 4.90 Å². The fourth-order valence-electron chi connectivity index (χ4n) is 4.00. The van der Waals surface area contributed by atoms with E-state index in [1.807, 2.05) is 0 Å². The lowest BCUT2D eigenvalue weighted by atomic mass is 9.78. The minimum Gasteiger partial charge on any atom is -0.300 e. The molecule has 1 aliphatic carbocycles. The zero-order valence-corrected chi connectivity index (χ0v) is 12.2. The van der Waals surface area contributed by atoms with Crippen LogP contribution in [0.4, 0.5) is 0 Å². The van der Waals surface area contributed by atoms with Gasteiger partial charge in [-0.25, -0.2) is 0 Å². The molecule has 0 spiro atoms. The summed E-state index contributed by atoms with van der Waals surface area (Å²) in [4.78, 5) is 2.67. The summed E-state index contributed by atoms with van der Waals surface area (Å²) in [6.07, 6.45) is 7.52. The van der Waals surface area contributed by atoms with Gasteiger partial charge in [0.15, 0.2) is 0 Å². The van der Waals surface area contributed by atoms with Crippen molar-refractivity contribution >= 4 is 0 Å². The minimum absolute atomic E-state index is 0.296. The van der Waals surface area contributed by atoms with Gasteiger partial charge in [0.05, 0.1) is 6.07 Å². The standard InChI is InChI=1S/C18H24N2/c19-14-15-10-12-20(13-11-15)18-9-5-4-8-17(18)16-6-2-1-3-7-16/h1-3,6-7,15,17-18H,4-5,8-13H2. The van der Waals surface area contributed by atoms with Gasteiger partial charge in [-0.2, -0.15) is 5.26 Å². The Balaban J connectivity index is 1.72. The van der Waals surface area contributed by atoms with Crippen LogP contribution in [0, 0.1) is 17.2 Å². The molecule has 2 nitrogen and oxygen atoms in total. The summed E-state index contributed by atoms with van der Waals surface area (Å²) in [7, 11) is 0. The fourth-order valence-corrected chi connectivity index (χ4v) is 4.00. The smallest absolute Gasteiger partial charge is 0.0656 e. The van der Waals surface area contributed by atoms with Crippen LogP contribution in [0.5, 0.6) is 0 Å². The first-order chi connectivity index (χ1) is 9.88. The summed E-state index contributed by atoms with van der Waals surface area (Å²) in [5, 5.41) is 9.05. The molecule has 0 radical (unpaired) electrons. The highest BCUT2D eigenvalue weighted by Gasteiger charge is 2.33. The Labute approximate surface area is 122 Å². The average Bonchev–Trinajstić information content (AvgIpc) is 2.56. The molecule has 0 aromatic heterocycles. The lowest BCUT2D eigenvalue weighted by Crippen LogP contribution is -2.45. The van der Waals surface area contributed by atoms with E-state index in [-0.39, 0.29) is 0 Å². The topological polar surface area (TPSA) is 27.0 Å². The molecular formula is C18H24N2. The minimum atomic E-state index is 0.296. The van der Waals surface area contributed by atoms with E-state index in [4.69, 9.17) is 5.26 Å². The summed E-state index contributed by atoms with van der Waals surface area (Å²) < 4.78 is 0. The van der Waals surface area contributed by atoms with Crippen LogP contribution in [0.1, 0.15) is 50.0 Å². The van der Waals surface area contributed by atoms with Crippen LogP contribution in [-0.4, -0.2) is 24.0 Å². The van der Waals surface area contributed by atoms with Crippen molar-refractivity contribution in [1.82, 2.24) is 4.90 Å². The van der Waals surface area contributed by atoms with Gasteiger partial charge in [0.1, 0.15) is 0 Å². The predicted molar refractivity (Wildman–Crippen MR) is 81.3 cm³/mol. The molecule has 2 aliphatic rings. The molecule has 1 saturated carbocycles. The number of hydrogen-bond acceptors (Lipinski definition) is 2. The maximum atomic E-state index is 9.05. The lowest BCUT2D eigenvalue weighted by Gasteiger charge is -2.42. The zero-order chi connectivity index (χ0) is 13.8. The molecule has 0 N–H and O–H groups in total.